The van der Waals surface area contributed by atoms with Crippen LogP contribution in [0.15, 0.2) is 24.3 Å². The van der Waals surface area contributed by atoms with E-state index in [4.69, 9.17) is 9.47 Å². The van der Waals surface area contributed by atoms with E-state index in [0.717, 1.165) is 18.4 Å². The molecule has 1 aliphatic heterocycles. The molecule has 0 radical (unpaired) electrons. The molecule has 1 atom stereocenters. The molecule has 0 aliphatic carbocycles. The van der Waals surface area contributed by atoms with Crippen molar-refractivity contribution in [2.45, 2.75) is 52.1 Å². The van der Waals surface area contributed by atoms with Crippen molar-refractivity contribution in [3.05, 3.63) is 29.8 Å². The van der Waals surface area contributed by atoms with Gasteiger partial charge in [-0.25, -0.2) is 0 Å². The molecule has 1 aromatic carbocycles. The summed E-state index contributed by atoms with van der Waals surface area (Å²) >= 11 is 0. The van der Waals surface area contributed by atoms with Crippen molar-refractivity contribution in [2.75, 3.05) is 20.2 Å². The van der Waals surface area contributed by atoms with E-state index in [0.29, 0.717) is 18.8 Å². The largest absolute Gasteiger partial charge is 0.522 e. The third kappa shape index (κ3) is 4.94. The Morgan fingerprint density at radius 2 is 1.73 bits per heavy atom. The summed E-state index contributed by atoms with van der Waals surface area (Å²) in [5.74, 6) is -0.0624. The number of hydrogen-bond donors (Lipinski definition) is 0. The van der Waals surface area contributed by atoms with E-state index in [1.165, 1.54) is 7.11 Å². The fourth-order valence-electron chi connectivity index (χ4n) is 2.86. The molecule has 0 N–H and O–H groups in total. The Labute approximate surface area is 153 Å². The van der Waals surface area contributed by atoms with Gasteiger partial charge in [-0.3, -0.25) is 4.79 Å². The minimum absolute atomic E-state index is 0.133. The summed E-state index contributed by atoms with van der Waals surface area (Å²) in [4.78, 5) is 23.9. The summed E-state index contributed by atoms with van der Waals surface area (Å²) in [7, 11) is 1.32. The normalized spacial score (nSPS) is 17.4. The molecule has 7 heteroatoms. The summed E-state index contributed by atoms with van der Waals surface area (Å²) in [5.41, 5.74) is 0.0389. The van der Waals surface area contributed by atoms with Crippen LogP contribution >= 0.6 is 0 Å². The summed E-state index contributed by atoms with van der Waals surface area (Å²) in [5, 5.41) is 0. The minimum Gasteiger partial charge on any atom is -0.469 e. The molecule has 6 nitrogen and oxygen atoms in total. The third-order valence-corrected chi connectivity index (χ3v) is 4.24. The van der Waals surface area contributed by atoms with Crippen LogP contribution in [0.2, 0.25) is 0 Å². The van der Waals surface area contributed by atoms with E-state index in [1.54, 1.807) is 45.0 Å². The number of benzene rings is 1. The average molecular weight is 368 g/mol. The van der Waals surface area contributed by atoms with E-state index in [-0.39, 0.29) is 12.4 Å². The molecule has 1 fully saturated rings. The number of methoxy groups -OCH3 is 1. The van der Waals surface area contributed by atoms with Crippen LogP contribution < -0.4 is 4.74 Å². The molecule has 144 valence electrons. The number of halogens is 1. The van der Waals surface area contributed by atoms with Gasteiger partial charge in [-0.1, -0.05) is 12.1 Å². The first kappa shape index (κ1) is 20.2. The molecule has 1 saturated heterocycles. The SMILES string of the molecule is COC(=O)Cc1ccc(OC(F)[N+]2(C(=O)OC(C)(C)C)CCCC2)cc1. The van der Waals surface area contributed by atoms with E-state index >= 15 is 4.39 Å². The Morgan fingerprint density at radius 1 is 1.15 bits per heavy atom. The van der Waals surface area contributed by atoms with Gasteiger partial charge >= 0.3 is 18.5 Å². The van der Waals surface area contributed by atoms with Crippen LogP contribution in [0.25, 0.3) is 0 Å². The number of quaternary nitrogens is 1. The van der Waals surface area contributed by atoms with Crippen molar-refractivity contribution in [1.29, 1.82) is 0 Å². The van der Waals surface area contributed by atoms with E-state index in [2.05, 4.69) is 4.74 Å². The zero-order chi connectivity index (χ0) is 19.4. The van der Waals surface area contributed by atoms with Gasteiger partial charge in [-0.15, -0.1) is 4.39 Å². The number of esters is 1. The van der Waals surface area contributed by atoms with E-state index < -0.39 is 22.7 Å². The number of rotatable bonds is 5. The molecule has 2 rings (SSSR count). The van der Waals surface area contributed by atoms with Crippen molar-refractivity contribution in [3.8, 4) is 5.75 Å². The number of likely N-dealkylation sites (tertiary alicyclic amines) is 1. The standard InChI is InChI=1S/C19H27FNO5/c1-19(2,3)26-18(23)21(11-5-6-12-21)17(20)25-15-9-7-14(8-10-15)13-16(22)24-4/h7-10,17H,5-6,11-13H2,1-4H3/q+1. The van der Waals surface area contributed by atoms with Gasteiger partial charge < -0.3 is 14.2 Å². The molecule has 0 aromatic heterocycles. The van der Waals surface area contributed by atoms with Crippen LogP contribution in [0.3, 0.4) is 0 Å². The number of nitrogens with zero attached hydrogens (tertiary/aromatic N) is 1. The van der Waals surface area contributed by atoms with Crippen LogP contribution in [0.1, 0.15) is 39.2 Å². The minimum atomic E-state index is -1.85. The zero-order valence-electron chi connectivity index (χ0n) is 15.8. The number of carbonyl (C=O) groups is 2. The van der Waals surface area contributed by atoms with Crippen LogP contribution in [0.5, 0.6) is 5.75 Å². The van der Waals surface area contributed by atoms with Crippen LogP contribution in [0.4, 0.5) is 9.18 Å². The second-order valence-electron chi connectivity index (χ2n) is 7.48. The van der Waals surface area contributed by atoms with Gasteiger partial charge in [-0.05, 0) is 38.5 Å². The van der Waals surface area contributed by atoms with E-state index in [9.17, 15) is 9.59 Å². The van der Waals surface area contributed by atoms with Crippen LogP contribution in [-0.4, -0.2) is 48.8 Å². The van der Waals surface area contributed by atoms with Crippen molar-refractivity contribution in [3.63, 3.8) is 0 Å². The number of amides is 1. The molecule has 1 heterocycles. The Balaban J connectivity index is 2.09. The molecular weight excluding hydrogens is 341 g/mol. The molecular formula is C19H27FNO5+. The molecule has 1 amide bonds. The average Bonchev–Trinajstić information content (AvgIpc) is 3.06. The van der Waals surface area contributed by atoms with Crippen molar-refractivity contribution >= 4 is 12.1 Å². The highest BCUT2D eigenvalue weighted by Crippen LogP contribution is 2.30. The Morgan fingerprint density at radius 3 is 2.23 bits per heavy atom. The Bertz CT molecular complexity index is 632. The lowest BCUT2D eigenvalue weighted by Crippen LogP contribution is -2.59. The highest BCUT2D eigenvalue weighted by Gasteiger charge is 2.52. The lowest BCUT2D eigenvalue weighted by atomic mass is 10.1. The predicted octanol–water partition coefficient (Wildman–Crippen LogP) is 3.58. The summed E-state index contributed by atoms with van der Waals surface area (Å²) in [6.45, 7) is 4.11. The molecule has 1 aromatic rings. The van der Waals surface area contributed by atoms with Crippen molar-refractivity contribution in [2.24, 2.45) is 0 Å². The fraction of sp³-hybridized carbons (Fsp3) is 0.579. The summed E-state index contributed by atoms with van der Waals surface area (Å²) in [6.07, 6.45) is 1.00. The van der Waals surface area contributed by atoms with Gasteiger partial charge in [0.15, 0.2) is 0 Å². The molecule has 0 bridgehead atoms. The van der Waals surface area contributed by atoms with Gasteiger partial charge in [0.2, 0.25) is 0 Å². The van der Waals surface area contributed by atoms with Crippen molar-refractivity contribution < 1.29 is 32.7 Å². The second kappa shape index (κ2) is 8.03. The van der Waals surface area contributed by atoms with Gasteiger partial charge in [0.1, 0.15) is 11.4 Å². The summed E-state index contributed by atoms with van der Waals surface area (Å²) in [6, 6.07) is 6.49. The van der Waals surface area contributed by atoms with Crippen LogP contribution in [-0.2, 0) is 20.7 Å². The molecule has 0 saturated carbocycles. The first-order valence-corrected chi connectivity index (χ1v) is 8.73. The van der Waals surface area contributed by atoms with Gasteiger partial charge in [0, 0.05) is 12.8 Å². The van der Waals surface area contributed by atoms with Gasteiger partial charge in [0.25, 0.3) is 0 Å². The molecule has 1 unspecified atom stereocenters. The Kier molecular flexibility index (Phi) is 6.23. The van der Waals surface area contributed by atoms with Gasteiger partial charge in [0.05, 0.1) is 26.6 Å². The Hall–Kier alpha value is -2.15. The first-order chi connectivity index (χ1) is 12.2. The first-order valence-electron chi connectivity index (χ1n) is 8.73. The highest BCUT2D eigenvalue weighted by molar-refractivity contribution is 5.72. The third-order valence-electron chi connectivity index (χ3n) is 4.24. The maximum Gasteiger partial charge on any atom is 0.522 e. The molecule has 1 aliphatic rings. The monoisotopic (exact) mass is 368 g/mol. The fourth-order valence-corrected chi connectivity index (χ4v) is 2.86. The van der Waals surface area contributed by atoms with Crippen molar-refractivity contribution in [1.82, 2.24) is 0 Å². The summed E-state index contributed by atoms with van der Waals surface area (Å²) < 4.78 is 30.0. The number of ether oxygens (including phenoxy) is 3. The lowest BCUT2D eigenvalue weighted by Gasteiger charge is -2.34. The maximum absolute atomic E-state index is 15.0. The predicted molar refractivity (Wildman–Crippen MR) is 93.1 cm³/mol. The molecule has 26 heavy (non-hydrogen) atoms. The zero-order valence-corrected chi connectivity index (χ0v) is 15.8. The maximum atomic E-state index is 15.0. The highest BCUT2D eigenvalue weighted by atomic mass is 19.1. The topological polar surface area (TPSA) is 61.8 Å². The van der Waals surface area contributed by atoms with Gasteiger partial charge in [-0.2, -0.15) is 9.28 Å². The smallest absolute Gasteiger partial charge is 0.469 e. The number of alkyl halides is 1. The lowest BCUT2D eigenvalue weighted by molar-refractivity contribution is -0.908. The number of carbonyl (C=O) groups excluding carboxylic acids is 2. The quantitative estimate of drug-likeness (QED) is 0.452. The molecule has 0 spiro atoms. The van der Waals surface area contributed by atoms with E-state index in [1.807, 2.05) is 0 Å². The van der Waals surface area contributed by atoms with Crippen LogP contribution in [0, 0.1) is 0 Å². The number of hydrogen-bond acceptors (Lipinski definition) is 5. The second-order valence-corrected chi connectivity index (χ2v) is 7.48.